The van der Waals surface area contributed by atoms with E-state index in [1.165, 1.54) is 29.4 Å². The minimum Gasteiger partial charge on any atom is -0.384 e. The summed E-state index contributed by atoms with van der Waals surface area (Å²) in [7, 11) is 0. The molecule has 3 atom stereocenters. The summed E-state index contributed by atoms with van der Waals surface area (Å²) in [5.74, 6) is -1.08. The summed E-state index contributed by atoms with van der Waals surface area (Å²) >= 11 is 12.2. The van der Waals surface area contributed by atoms with Crippen LogP contribution in [0.1, 0.15) is 58.5 Å². The van der Waals surface area contributed by atoms with E-state index in [9.17, 15) is 9.90 Å². The van der Waals surface area contributed by atoms with Gasteiger partial charge in [0.15, 0.2) is 11.9 Å². The number of benzene rings is 2. The number of β-amino-alcohol motifs (C(OH)–C–C–N with tert-alkyl or cyclic N) is 1. The number of halogens is 4. The van der Waals surface area contributed by atoms with Crippen LogP contribution < -0.4 is 5.32 Å². The third-order valence-corrected chi connectivity index (χ3v) is 8.95. The molecule has 1 aromatic heterocycles. The molecule has 6 rings (SSSR count). The van der Waals surface area contributed by atoms with Gasteiger partial charge in [0.25, 0.3) is 5.91 Å². The molecule has 0 spiro atoms. The van der Waals surface area contributed by atoms with Crippen molar-refractivity contribution in [3.05, 3.63) is 92.7 Å². The predicted octanol–water partition coefficient (Wildman–Crippen LogP) is 4.58. The van der Waals surface area contributed by atoms with Crippen molar-refractivity contribution < 1.29 is 28.2 Å². The zero-order chi connectivity index (χ0) is 31.1. The van der Waals surface area contributed by atoms with Gasteiger partial charge < -0.3 is 24.8 Å². The standard InChI is InChI=1S/C31H33Cl2F2N5O4/c1-2-31(42,16-39-8-6-36-7-9-39)20-11-23-26(24(34)12-20)29(40(28(23)41)15-25-37-13-22(33)14-38-25)44-27(30(35)17-43-18-30)19-4-3-5-21(32)10-19/h3-5,10-14,27,29,36,42H,2,6-9,15-18H2,1H3/t27?,29-,31?/m1/s1. The SMILES string of the molecule is CCC(O)(CN1CCNCC1)c1cc(F)c2c(c1)C(=O)N(Cc1ncc(Cl)cn1)[C@@H]2OC(c1cccc(Cl)c1)C1(F)COC1. The van der Waals surface area contributed by atoms with Gasteiger partial charge in [-0.2, -0.15) is 0 Å². The fourth-order valence-electron chi connectivity index (χ4n) is 5.99. The molecule has 0 aliphatic carbocycles. The summed E-state index contributed by atoms with van der Waals surface area (Å²) in [4.78, 5) is 25.8. The minimum absolute atomic E-state index is 0.0220. The number of carbonyl (C=O) groups is 1. The highest BCUT2D eigenvalue weighted by Crippen LogP contribution is 2.47. The summed E-state index contributed by atoms with van der Waals surface area (Å²) in [5.41, 5.74) is -2.68. The van der Waals surface area contributed by atoms with Crippen LogP contribution in [0.2, 0.25) is 10.0 Å². The molecule has 4 heterocycles. The molecule has 234 valence electrons. The Bertz CT molecular complexity index is 1520. The number of aromatic nitrogens is 2. The third-order valence-electron chi connectivity index (χ3n) is 8.52. The summed E-state index contributed by atoms with van der Waals surface area (Å²) in [6.45, 7) is 4.49. The molecule has 0 radical (unpaired) electrons. The van der Waals surface area contributed by atoms with Crippen LogP contribution in [-0.2, 0) is 21.6 Å². The van der Waals surface area contributed by atoms with Crippen molar-refractivity contribution in [3.8, 4) is 0 Å². The van der Waals surface area contributed by atoms with Gasteiger partial charge in [-0.05, 0) is 41.8 Å². The van der Waals surface area contributed by atoms with E-state index in [2.05, 4.69) is 20.2 Å². The van der Waals surface area contributed by atoms with Crippen molar-refractivity contribution >= 4 is 29.1 Å². The molecule has 9 nitrogen and oxygen atoms in total. The molecule has 3 aromatic rings. The summed E-state index contributed by atoms with van der Waals surface area (Å²) in [6, 6.07) is 9.34. The maximum atomic E-state index is 16.3. The van der Waals surface area contributed by atoms with E-state index < -0.39 is 35.3 Å². The topological polar surface area (TPSA) is 100 Å². The van der Waals surface area contributed by atoms with Gasteiger partial charge in [0.2, 0.25) is 0 Å². The van der Waals surface area contributed by atoms with Gasteiger partial charge in [0.05, 0.1) is 30.3 Å². The fraction of sp³-hybridized carbons (Fsp3) is 0.452. The fourth-order valence-corrected chi connectivity index (χ4v) is 6.29. The number of hydrogen-bond donors (Lipinski definition) is 2. The van der Waals surface area contributed by atoms with E-state index in [-0.39, 0.29) is 48.8 Å². The Balaban J connectivity index is 1.41. The van der Waals surface area contributed by atoms with Crippen molar-refractivity contribution in [1.82, 2.24) is 25.1 Å². The van der Waals surface area contributed by atoms with Crippen LogP contribution in [0, 0.1) is 5.82 Å². The number of fused-ring (bicyclic) bond motifs is 1. The maximum absolute atomic E-state index is 16.3. The lowest BCUT2D eigenvalue weighted by molar-refractivity contribution is -0.226. The van der Waals surface area contributed by atoms with Gasteiger partial charge in [-0.3, -0.25) is 9.69 Å². The molecular formula is C31H33Cl2F2N5O4. The summed E-state index contributed by atoms with van der Waals surface area (Å²) in [5, 5.41) is 15.7. The van der Waals surface area contributed by atoms with Crippen molar-refractivity contribution in [2.75, 3.05) is 45.9 Å². The highest BCUT2D eigenvalue weighted by Gasteiger charge is 2.52. The van der Waals surface area contributed by atoms with E-state index >= 15 is 8.78 Å². The second-order valence-corrected chi connectivity index (χ2v) is 12.4. The average molecular weight is 649 g/mol. The van der Waals surface area contributed by atoms with Gasteiger partial charge >= 0.3 is 0 Å². The van der Waals surface area contributed by atoms with E-state index in [0.717, 1.165) is 26.2 Å². The lowest BCUT2D eigenvalue weighted by Gasteiger charge is -2.42. The van der Waals surface area contributed by atoms with Crippen LogP contribution in [0.5, 0.6) is 0 Å². The zero-order valence-corrected chi connectivity index (χ0v) is 25.6. The van der Waals surface area contributed by atoms with Crippen molar-refractivity contribution in [2.24, 2.45) is 0 Å². The number of rotatable bonds is 10. The molecule has 0 bridgehead atoms. The van der Waals surface area contributed by atoms with Gasteiger partial charge in [-0.1, -0.05) is 42.3 Å². The van der Waals surface area contributed by atoms with Crippen molar-refractivity contribution in [1.29, 1.82) is 0 Å². The Morgan fingerprint density at radius 2 is 1.91 bits per heavy atom. The Morgan fingerprint density at radius 1 is 1.18 bits per heavy atom. The van der Waals surface area contributed by atoms with Crippen molar-refractivity contribution in [3.63, 3.8) is 0 Å². The predicted molar refractivity (Wildman–Crippen MR) is 159 cm³/mol. The molecule has 2 saturated heterocycles. The lowest BCUT2D eigenvalue weighted by atomic mass is 9.87. The van der Waals surface area contributed by atoms with Crippen LogP contribution in [0.15, 0.2) is 48.8 Å². The third kappa shape index (κ3) is 6.06. The van der Waals surface area contributed by atoms with E-state index in [0.29, 0.717) is 22.0 Å². The van der Waals surface area contributed by atoms with Crippen LogP contribution in [-0.4, -0.2) is 82.4 Å². The largest absolute Gasteiger partial charge is 0.384 e. The Morgan fingerprint density at radius 3 is 2.55 bits per heavy atom. The first-order chi connectivity index (χ1) is 21.1. The molecule has 3 aliphatic heterocycles. The van der Waals surface area contributed by atoms with Gasteiger partial charge in [-0.15, -0.1) is 0 Å². The summed E-state index contributed by atoms with van der Waals surface area (Å²) in [6.07, 6.45) is 0.492. The molecule has 2 N–H and O–H groups in total. The van der Waals surface area contributed by atoms with Crippen LogP contribution in [0.4, 0.5) is 8.78 Å². The molecule has 3 aliphatic rings. The second-order valence-electron chi connectivity index (χ2n) is 11.5. The molecule has 2 fully saturated rings. The van der Waals surface area contributed by atoms with Gasteiger partial charge in [0, 0.05) is 55.7 Å². The molecule has 44 heavy (non-hydrogen) atoms. The normalized spacial score (nSPS) is 21.9. The van der Waals surface area contributed by atoms with E-state index in [1.807, 2.05) is 6.92 Å². The highest BCUT2D eigenvalue weighted by atomic mass is 35.5. The number of carbonyl (C=O) groups excluding carboxylic acids is 1. The quantitative estimate of drug-likeness (QED) is 0.330. The minimum atomic E-state index is -1.94. The number of ether oxygens (including phenoxy) is 2. The highest BCUT2D eigenvalue weighted by molar-refractivity contribution is 6.30. The number of nitrogens with one attached hydrogen (secondary N) is 1. The smallest absolute Gasteiger partial charge is 0.257 e. The number of nitrogens with zero attached hydrogens (tertiary/aromatic N) is 4. The van der Waals surface area contributed by atoms with Crippen LogP contribution >= 0.6 is 23.2 Å². The second kappa shape index (κ2) is 12.6. The molecule has 1 amide bonds. The molecule has 2 unspecified atom stereocenters. The van der Waals surface area contributed by atoms with Crippen molar-refractivity contribution in [2.45, 2.75) is 43.5 Å². The number of piperazine rings is 1. The van der Waals surface area contributed by atoms with Crippen LogP contribution in [0.25, 0.3) is 0 Å². The number of hydrogen-bond acceptors (Lipinski definition) is 8. The number of alkyl halides is 1. The molecule has 13 heteroatoms. The first-order valence-corrected chi connectivity index (χ1v) is 15.3. The first-order valence-electron chi connectivity index (χ1n) is 14.5. The molecule has 2 aromatic carbocycles. The Labute approximate surface area is 264 Å². The van der Waals surface area contributed by atoms with Gasteiger partial charge in [0.1, 0.15) is 23.3 Å². The lowest BCUT2D eigenvalue weighted by Crippen LogP contribution is -2.52. The van der Waals surface area contributed by atoms with E-state index in [4.69, 9.17) is 32.7 Å². The Kier molecular flexibility index (Phi) is 8.91. The Hall–Kier alpha value is -2.77. The van der Waals surface area contributed by atoms with Gasteiger partial charge in [-0.25, -0.2) is 18.7 Å². The van der Waals surface area contributed by atoms with Crippen LogP contribution in [0.3, 0.4) is 0 Å². The molecule has 0 saturated carbocycles. The average Bonchev–Trinajstić information content (AvgIpc) is 3.26. The molecular weight excluding hydrogens is 615 g/mol. The zero-order valence-electron chi connectivity index (χ0n) is 24.1. The summed E-state index contributed by atoms with van der Waals surface area (Å²) < 4.78 is 44.1. The number of aliphatic hydroxyl groups is 1. The first kappa shape index (κ1) is 31.2. The number of amides is 1. The van der Waals surface area contributed by atoms with E-state index in [1.54, 1.807) is 24.3 Å². The monoisotopic (exact) mass is 647 g/mol. The maximum Gasteiger partial charge on any atom is 0.257 e.